The topological polar surface area (TPSA) is 84.0 Å². The lowest BCUT2D eigenvalue weighted by Crippen LogP contribution is -2.38. The summed E-state index contributed by atoms with van der Waals surface area (Å²) < 4.78 is 32.3. The summed E-state index contributed by atoms with van der Waals surface area (Å²) in [6.45, 7) is 6.21. The van der Waals surface area contributed by atoms with Crippen LogP contribution in [-0.4, -0.2) is 62.3 Å². The molecule has 2 fully saturated rings. The summed E-state index contributed by atoms with van der Waals surface area (Å²) in [5, 5.41) is 0. The minimum Gasteiger partial charge on any atom is -0.466 e. The first-order chi connectivity index (χ1) is 14.3. The standard InChI is InChI=1S/C22H32N2O5S/c1-3-29-21(25)12-13-23(16-18-4-5-18)22(26)19-6-8-20(9-7-19)30(27,28)24-14-10-17(2)11-15-24/h6-9,17-18H,3-5,10-16H2,1-2H3. The molecule has 1 saturated heterocycles. The number of hydrogen-bond donors (Lipinski definition) is 0. The maximum atomic E-state index is 13.0. The molecule has 0 unspecified atom stereocenters. The fraction of sp³-hybridized carbons (Fsp3) is 0.636. The molecule has 1 amide bonds. The molecule has 166 valence electrons. The number of nitrogens with zero attached hydrogens (tertiary/aromatic N) is 2. The molecular weight excluding hydrogens is 404 g/mol. The highest BCUT2D eigenvalue weighted by molar-refractivity contribution is 7.89. The summed E-state index contributed by atoms with van der Waals surface area (Å²) in [4.78, 5) is 26.6. The minimum atomic E-state index is -3.54. The lowest BCUT2D eigenvalue weighted by Gasteiger charge is -2.29. The van der Waals surface area contributed by atoms with E-state index in [-0.39, 0.29) is 23.2 Å². The highest BCUT2D eigenvalue weighted by Crippen LogP contribution is 2.30. The van der Waals surface area contributed by atoms with Gasteiger partial charge in [0, 0.05) is 31.7 Å². The van der Waals surface area contributed by atoms with Gasteiger partial charge in [0.1, 0.15) is 0 Å². The largest absolute Gasteiger partial charge is 0.466 e. The molecule has 7 nitrogen and oxygen atoms in total. The lowest BCUT2D eigenvalue weighted by molar-refractivity contribution is -0.143. The maximum absolute atomic E-state index is 13.0. The highest BCUT2D eigenvalue weighted by Gasteiger charge is 2.30. The quantitative estimate of drug-likeness (QED) is 0.556. The number of benzene rings is 1. The number of amides is 1. The van der Waals surface area contributed by atoms with E-state index in [1.165, 1.54) is 16.4 Å². The van der Waals surface area contributed by atoms with E-state index in [0.717, 1.165) is 25.7 Å². The van der Waals surface area contributed by atoms with Crippen LogP contribution in [0.2, 0.25) is 0 Å². The van der Waals surface area contributed by atoms with Gasteiger partial charge in [-0.1, -0.05) is 6.92 Å². The predicted octanol–water partition coefficient (Wildman–Crippen LogP) is 2.91. The molecule has 30 heavy (non-hydrogen) atoms. The van der Waals surface area contributed by atoms with E-state index in [1.54, 1.807) is 24.0 Å². The second-order valence-electron chi connectivity index (χ2n) is 8.36. The molecule has 1 aromatic carbocycles. The molecule has 0 radical (unpaired) electrons. The zero-order valence-electron chi connectivity index (χ0n) is 17.9. The summed E-state index contributed by atoms with van der Waals surface area (Å²) >= 11 is 0. The van der Waals surface area contributed by atoms with Crippen LogP contribution in [0.25, 0.3) is 0 Å². The van der Waals surface area contributed by atoms with E-state index in [1.807, 2.05) is 0 Å². The Balaban J connectivity index is 1.68. The molecule has 0 N–H and O–H groups in total. The van der Waals surface area contributed by atoms with E-state index in [2.05, 4.69) is 6.92 Å². The van der Waals surface area contributed by atoms with Gasteiger partial charge in [-0.15, -0.1) is 0 Å². The molecule has 1 aliphatic carbocycles. The molecular formula is C22H32N2O5S. The molecule has 1 heterocycles. The van der Waals surface area contributed by atoms with Crippen LogP contribution < -0.4 is 0 Å². The van der Waals surface area contributed by atoms with E-state index < -0.39 is 10.0 Å². The van der Waals surface area contributed by atoms with Crippen LogP contribution in [0.15, 0.2) is 29.2 Å². The van der Waals surface area contributed by atoms with Crippen molar-refractivity contribution in [3.63, 3.8) is 0 Å². The first-order valence-electron chi connectivity index (χ1n) is 10.9. The summed E-state index contributed by atoms with van der Waals surface area (Å²) in [7, 11) is -3.54. The molecule has 1 aliphatic heterocycles. The van der Waals surface area contributed by atoms with Crippen LogP contribution in [0.5, 0.6) is 0 Å². The number of sulfonamides is 1. The van der Waals surface area contributed by atoms with Crippen molar-refractivity contribution in [2.45, 2.75) is 50.8 Å². The smallest absolute Gasteiger partial charge is 0.307 e. The van der Waals surface area contributed by atoms with Crippen LogP contribution in [0.4, 0.5) is 0 Å². The first kappa shape index (κ1) is 22.7. The molecule has 1 saturated carbocycles. The number of esters is 1. The van der Waals surface area contributed by atoms with Gasteiger partial charge >= 0.3 is 5.97 Å². The second-order valence-corrected chi connectivity index (χ2v) is 10.3. The van der Waals surface area contributed by atoms with Crippen molar-refractivity contribution in [1.29, 1.82) is 0 Å². The van der Waals surface area contributed by atoms with Crippen LogP contribution in [0.3, 0.4) is 0 Å². The number of piperidine rings is 1. The summed E-state index contributed by atoms with van der Waals surface area (Å²) in [5.41, 5.74) is 0.436. The Morgan fingerprint density at radius 1 is 1.10 bits per heavy atom. The number of carbonyl (C=O) groups is 2. The fourth-order valence-corrected chi connectivity index (χ4v) is 5.14. The van der Waals surface area contributed by atoms with E-state index in [0.29, 0.717) is 50.2 Å². The molecule has 0 aromatic heterocycles. The van der Waals surface area contributed by atoms with Crippen molar-refractivity contribution in [2.24, 2.45) is 11.8 Å². The van der Waals surface area contributed by atoms with Gasteiger partial charge in [0.05, 0.1) is 17.9 Å². The number of rotatable bonds is 9. The minimum absolute atomic E-state index is 0.159. The van der Waals surface area contributed by atoms with Crippen LogP contribution in [0, 0.1) is 11.8 Å². The van der Waals surface area contributed by atoms with Crippen LogP contribution >= 0.6 is 0 Å². The van der Waals surface area contributed by atoms with Crippen LogP contribution in [0.1, 0.15) is 56.3 Å². The monoisotopic (exact) mass is 436 g/mol. The number of hydrogen-bond acceptors (Lipinski definition) is 5. The van der Waals surface area contributed by atoms with Crippen molar-refractivity contribution < 1.29 is 22.7 Å². The average Bonchev–Trinajstić information content (AvgIpc) is 3.55. The third-order valence-corrected chi connectivity index (χ3v) is 7.75. The van der Waals surface area contributed by atoms with Gasteiger partial charge in [0.15, 0.2) is 0 Å². The molecule has 8 heteroatoms. The normalized spacial score (nSPS) is 18.2. The van der Waals surface area contributed by atoms with E-state index in [9.17, 15) is 18.0 Å². The Morgan fingerprint density at radius 3 is 2.30 bits per heavy atom. The van der Waals surface area contributed by atoms with Crippen molar-refractivity contribution in [2.75, 3.05) is 32.8 Å². The molecule has 1 aromatic rings. The zero-order valence-corrected chi connectivity index (χ0v) is 18.7. The third-order valence-electron chi connectivity index (χ3n) is 5.84. The van der Waals surface area contributed by atoms with Gasteiger partial charge in [0.25, 0.3) is 5.91 Å². The first-order valence-corrected chi connectivity index (χ1v) is 12.3. The van der Waals surface area contributed by atoms with Gasteiger partial charge < -0.3 is 9.64 Å². The Bertz CT molecular complexity index is 841. The van der Waals surface area contributed by atoms with Gasteiger partial charge in [-0.05, 0) is 68.7 Å². The van der Waals surface area contributed by atoms with E-state index >= 15 is 0 Å². The fourth-order valence-electron chi connectivity index (χ4n) is 3.67. The molecule has 0 atom stereocenters. The number of ether oxygens (including phenoxy) is 1. The molecule has 2 aliphatic rings. The van der Waals surface area contributed by atoms with Gasteiger partial charge in [-0.25, -0.2) is 8.42 Å². The van der Waals surface area contributed by atoms with Gasteiger partial charge in [-0.3, -0.25) is 9.59 Å². The van der Waals surface area contributed by atoms with E-state index in [4.69, 9.17) is 4.74 Å². The summed E-state index contributed by atoms with van der Waals surface area (Å²) in [6, 6.07) is 6.18. The van der Waals surface area contributed by atoms with Crippen molar-refractivity contribution in [1.82, 2.24) is 9.21 Å². The Labute approximate surface area is 179 Å². The summed E-state index contributed by atoms with van der Waals surface area (Å²) in [5.74, 6) is 0.533. The molecule has 3 rings (SSSR count). The second kappa shape index (κ2) is 9.92. The average molecular weight is 437 g/mol. The SMILES string of the molecule is CCOC(=O)CCN(CC1CC1)C(=O)c1ccc(S(=O)(=O)N2CCC(C)CC2)cc1. The van der Waals surface area contributed by atoms with Crippen molar-refractivity contribution in [3.05, 3.63) is 29.8 Å². The highest BCUT2D eigenvalue weighted by atomic mass is 32.2. The van der Waals surface area contributed by atoms with Crippen LogP contribution in [-0.2, 0) is 19.6 Å². The molecule has 0 bridgehead atoms. The van der Waals surface area contributed by atoms with Gasteiger partial charge in [-0.2, -0.15) is 4.31 Å². The number of carbonyl (C=O) groups excluding carboxylic acids is 2. The predicted molar refractivity (Wildman–Crippen MR) is 113 cm³/mol. The zero-order chi connectivity index (χ0) is 21.7. The third kappa shape index (κ3) is 5.82. The Hall–Kier alpha value is -1.93. The Kier molecular flexibility index (Phi) is 7.52. The maximum Gasteiger partial charge on any atom is 0.307 e. The van der Waals surface area contributed by atoms with Crippen molar-refractivity contribution in [3.8, 4) is 0 Å². The van der Waals surface area contributed by atoms with Crippen molar-refractivity contribution >= 4 is 21.9 Å². The summed E-state index contributed by atoms with van der Waals surface area (Å²) in [6.07, 6.45) is 4.08. The Morgan fingerprint density at radius 2 is 1.73 bits per heavy atom. The molecule has 0 spiro atoms. The van der Waals surface area contributed by atoms with Gasteiger partial charge in [0.2, 0.25) is 10.0 Å². The lowest BCUT2D eigenvalue weighted by atomic mass is 10.0.